The van der Waals surface area contributed by atoms with Crippen molar-refractivity contribution in [1.82, 2.24) is 4.98 Å². The molecule has 2 N–H and O–H groups in total. The minimum Gasteiger partial charge on any atom is -0.397 e. The van der Waals surface area contributed by atoms with Crippen LogP contribution in [0.5, 0.6) is 0 Å². The van der Waals surface area contributed by atoms with E-state index < -0.39 is 0 Å². The molecule has 0 aliphatic carbocycles. The molecule has 3 heteroatoms. The number of pyridine rings is 1. The van der Waals surface area contributed by atoms with Crippen molar-refractivity contribution in [3.8, 4) is 0 Å². The van der Waals surface area contributed by atoms with E-state index in [9.17, 15) is 0 Å². The SMILES string of the molecule is CCCCN(CC)c1ccc(N)c(C)n1. The molecular formula is C12H21N3. The number of aromatic nitrogens is 1. The summed E-state index contributed by atoms with van der Waals surface area (Å²) >= 11 is 0. The van der Waals surface area contributed by atoms with Gasteiger partial charge in [0.2, 0.25) is 0 Å². The van der Waals surface area contributed by atoms with Crippen LogP contribution in [0.2, 0.25) is 0 Å². The summed E-state index contributed by atoms with van der Waals surface area (Å²) in [4.78, 5) is 6.79. The summed E-state index contributed by atoms with van der Waals surface area (Å²) in [5.74, 6) is 1.04. The van der Waals surface area contributed by atoms with Gasteiger partial charge in [-0.25, -0.2) is 4.98 Å². The Balaban J connectivity index is 2.78. The van der Waals surface area contributed by atoms with Gasteiger partial charge in [-0.1, -0.05) is 13.3 Å². The van der Waals surface area contributed by atoms with Gasteiger partial charge < -0.3 is 10.6 Å². The summed E-state index contributed by atoms with van der Waals surface area (Å²) in [5, 5.41) is 0. The maximum atomic E-state index is 5.75. The van der Waals surface area contributed by atoms with Crippen LogP contribution in [-0.2, 0) is 0 Å². The second kappa shape index (κ2) is 5.59. The number of unbranched alkanes of at least 4 members (excludes halogenated alkanes) is 1. The third-order valence-electron chi connectivity index (χ3n) is 2.60. The van der Waals surface area contributed by atoms with Crippen molar-refractivity contribution in [1.29, 1.82) is 0 Å². The predicted octanol–water partition coefficient (Wildman–Crippen LogP) is 2.60. The van der Waals surface area contributed by atoms with Crippen molar-refractivity contribution in [2.75, 3.05) is 23.7 Å². The Morgan fingerprint density at radius 1 is 1.33 bits per heavy atom. The van der Waals surface area contributed by atoms with Gasteiger partial charge in [-0.2, -0.15) is 0 Å². The van der Waals surface area contributed by atoms with Gasteiger partial charge in [0.15, 0.2) is 0 Å². The van der Waals surface area contributed by atoms with Crippen LogP contribution in [0, 0.1) is 6.92 Å². The molecule has 0 aliphatic heterocycles. The van der Waals surface area contributed by atoms with Crippen LogP contribution in [0.15, 0.2) is 12.1 Å². The third-order valence-corrected chi connectivity index (χ3v) is 2.60. The maximum Gasteiger partial charge on any atom is 0.128 e. The van der Waals surface area contributed by atoms with Gasteiger partial charge in [-0.3, -0.25) is 0 Å². The van der Waals surface area contributed by atoms with Crippen molar-refractivity contribution < 1.29 is 0 Å². The molecule has 0 spiro atoms. The van der Waals surface area contributed by atoms with Crippen LogP contribution >= 0.6 is 0 Å². The normalized spacial score (nSPS) is 10.3. The van der Waals surface area contributed by atoms with Gasteiger partial charge in [0.25, 0.3) is 0 Å². The second-order valence-corrected chi connectivity index (χ2v) is 3.78. The average Bonchev–Trinajstić information content (AvgIpc) is 2.24. The molecule has 1 aromatic heterocycles. The van der Waals surface area contributed by atoms with Crippen molar-refractivity contribution >= 4 is 11.5 Å². The highest BCUT2D eigenvalue weighted by atomic mass is 15.2. The number of nitrogens with zero attached hydrogens (tertiary/aromatic N) is 2. The van der Waals surface area contributed by atoms with E-state index in [0.717, 1.165) is 30.3 Å². The first-order valence-corrected chi connectivity index (χ1v) is 5.67. The first kappa shape index (κ1) is 11.8. The second-order valence-electron chi connectivity index (χ2n) is 3.78. The molecule has 0 fully saturated rings. The molecular weight excluding hydrogens is 186 g/mol. The zero-order valence-electron chi connectivity index (χ0n) is 9.95. The van der Waals surface area contributed by atoms with Crippen LogP contribution in [0.4, 0.5) is 11.5 Å². The molecule has 0 bridgehead atoms. The molecule has 0 unspecified atom stereocenters. The molecule has 1 rings (SSSR count). The predicted molar refractivity (Wildman–Crippen MR) is 66.2 cm³/mol. The lowest BCUT2D eigenvalue weighted by Crippen LogP contribution is -2.25. The summed E-state index contributed by atoms with van der Waals surface area (Å²) in [6.45, 7) is 8.38. The standard InChI is InChI=1S/C12H21N3/c1-4-6-9-15(5-2)12-8-7-11(13)10(3)14-12/h7-8H,4-6,9,13H2,1-3H3. The fourth-order valence-electron chi connectivity index (χ4n) is 1.52. The lowest BCUT2D eigenvalue weighted by atomic mass is 10.3. The molecule has 0 aliphatic rings. The molecule has 0 aromatic carbocycles. The van der Waals surface area contributed by atoms with E-state index in [4.69, 9.17) is 5.73 Å². The highest BCUT2D eigenvalue weighted by Gasteiger charge is 2.05. The van der Waals surface area contributed by atoms with E-state index in [1.165, 1.54) is 12.8 Å². The van der Waals surface area contributed by atoms with E-state index in [-0.39, 0.29) is 0 Å². The van der Waals surface area contributed by atoms with Crippen LogP contribution < -0.4 is 10.6 Å². The average molecular weight is 207 g/mol. The Bertz CT molecular complexity index is 310. The Labute approximate surface area is 92.3 Å². The minimum absolute atomic E-state index is 0.769. The number of rotatable bonds is 5. The highest BCUT2D eigenvalue weighted by molar-refractivity contribution is 5.50. The summed E-state index contributed by atoms with van der Waals surface area (Å²) in [6.07, 6.45) is 2.42. The zero-order chi connectivity index (χ0) is 11.3. The molecule has 1 heterocycles. The Morgan fingerprint density at radius 3 is 2.60 bits per heavy atom. The van der Waals surface area contributed by atoms with Crippen LogP contribution in [0.1, 0.15) is 32.4 Å². The van der Waals surface area contributed by atoms with E-state index in [1.54, 1.807) is 0 Å². The Kier molecular flexibility index (Phi) is 4.40. The summed E-state index contributed by atoms with van der Waals surface area (Å²) in [5.41, 5.74) is 7.44. The van der Waals surface area contributed by atoms with Crippen LogP contribution in [0.3, 0.4) is 0 Å². The lowest BCUT2D eigenvalue weighted by molar-refractivity contribution is 0.723. The number of aryl methyl sites for hydroxylation is 1. The fraction of sp³-hybridized carbons (Fsp3) is 0.583. The van der Waals surface area contributed by atoms with Gasteiger partial charge in [0, 0.05) is 13.1 Å². The number of anilines is 2. The topological polar surface area (TPSA) is 42.1 Å². The molecule has 0 saturated heterocycles. The lowest BCUT2D eigenvalue weighted by Gasteiger charge is -2.22. The van der Waals surface area contributed by atoms with Crippen molar-refractivity contribution in [3.05, 3.63) is 17.8 Å². The highest BCUT2D eigenvalue weighted by Crippen LogP contribution is 2.16. The molecule has 3 nitrogen and oxygen atoms in total. The Hall–Kier alpha value is -1.25. The van der Waals surface area contributed by atoms with Gasteiger partial charge in [0.1, 0.15) is 5.82 Å². The third kappa shape index (κ3) is 3.11. The van der Waals surface area contributed by atoms with E-state index >= 15 is 0 Å². The zero-order valence-corrected chi connectivity index (χ0v) is 9.95. The number of nitrogen functional groups attached to an aromatic ring is 1. The van der Waals surface area contributed by atoms with Crippen molar-refractivity contribution in [3.63, 3.8) is 0 Å². The van der Waals surface area contributed by atoms with Gasteiger partial charge in [-0.15, -0.1) is 0 Å². The monoisotopic (exact) mass is 207 g/mol. The molecule has 0 radical (unpaired) electrons. The molecule has 0 atom stereocenters. The van der Waals surface area contributed by atoms with Crippen LogP contribution in [-0.4, -0.2) is 18.1 Å². The molecule has 15 heavy (non-hydrogen) atoms. The molecule has 84 valence electrons. The van der Waals surface area contributed by atoms with Gasteiger partial charge >= 0.3 is 0 Å². The molecule has 0 amide bonds. The van der Waals surface area contributed by atoms with E-state index in [1.807, 2.05) is 19.1 Å². The molecule has 0 saturated carbocycles. The maximum absolute atomic E-state index is 5.75. The summed E-state index contributed by atoms with van der Waals surface area (Å²) in [7, 11) is 0. The quantitative estimate of drug-likeness (QED) is 0.807. The first-order chi connectivity index (χ1) is 7.19. The summed E-state index contributed by atoms with van der Waals surface area (Å²) < 4.78 is 0. The van der Waals surface area contributed by atoms with E-state index in [2.05, 4.69) is 23.7 Å². The largest absolute Gasteiger partial charge is 0.397 e. The number of nitrogens with two attached hydrogens (primary N) is 1. The van der Waals surface area contributed by atoms with E-state index in [0.29, 0.717) is 0 Å². The first-order valence-electron chi connectivity index (χ1n) is 5.67. The molecule has 1 aromatic rings. The van der Waals surface area contributed by atoms with Crippen molar-refractivity contribution in [2.45, 2.75) is 33.6 Å². The Morgan fingerprint density at radius 2 is 2.07 bits per heavy atom. The number of hydrogen-bond acceptors (Lipinski definition) is 3. The van der Waals surface area contributed by atoms with Gasteiger partial charge in [-0.05, 0) is 32.4 Å². The fourth-order valence-corrected chi connectivity index (χ4v) is 1.52. The summed E-state index contributed by atoms with van der Waals surface area (Å²) in [6, 6.07) is 3.94. The van der Waals surface area contributed by atoms with Gasteiger partial charge in [0.05, 0.1) is 11.4 Å². The smallest absolute Gasteiger partial charge is 0.128 e. The number of hydrogen-bond donors (Lipinski definition) is 1. The minimum atomic E-state index is 0.769. The van der Waals surface area contributed by atoms with Crippen molar-refractivity contribution in [2.24, 2.45) is 0 Å². The van der Waals surface area contributed by atoms with Crippen LogP contribution in [0.25, 0.3) is 0 Å².